The molecule has 0 aromatic heterocycles. The molecule has 0 spiro atoms. The molecule has 0 radical (unpaired) electrons. The third kappa shape index (κ3) is 3.40. The van der Waals surface area contributed by atoms with E-state index in [0.717, 1.165) is 11.3 Å². The van der Waals surface area contributed by atoms with E-state index in [1.807, 2.05) is 6.07 Å². The number of ether oxygens (including phenoxy) is 2. The number of nitrogens with zero attached hydrogens (tertiary/aromatic N) is 1. The number of benzene rings is 1. The highest BCUT2D eigenvalue weighted by atomic mass is 16.5. The third-order valence-corrected chi connectivity index (χ3v) is 3.20. The van der Waals surface area contributed by atoms with Crippen molar-refractivity contribution in [3.05, 3.63) is 29.3 Å². The van der Waals surface area contributed by atoms with Crippen LogP contribution in [0.4, 0.5) is 0 Å². The Hall–Kier alpha value is -1.71. The van der Waals surface area contributed by atoms with Gasteiger partial charge in [0.05, 0.1) is 6.54 Å². The monoisotopic (exact) mass is 262 g/mol. The van der Waals surface area contributed by atoms with Gasteiger partial charge in [-0.2, -0.15) is 0 Å². The summed E-state index contributed by atoms with van der Waals surface area (Å²) in [7, 11) is 0. The van der Waals surface area contributed by atoms with Crippen LogP contribution in [0.15, 0.2) is 23.2 Å². The molecule has 2 rings (SSSR count). The molecule has 4 heteroatoms. The molecular formula is C15H22N2O2. The summed E-state index contributed by atoms with van der Waals surface area (Å²) in [5.41, 5.74) is 8.06. The van der Waals surface area contributed by atoms with E-state index in [2.05, 4.69) is 44.8 Å². The molecule has 0 saturated carbocycles. The number of nitrogens with two attached hydrogens (primary N) is 1. The molecule has 1 aliphatic heterocycles. The predicted octanol–water partition coefficient (Wildman–Crippen LogP) is 2.38. The van der Waals surface area contributed by atoms with Gasteiger partial charge in [-0.1, -0.05) is 32.9 Å². The number of aliphatic imine (C=N–C) groups is 1. The average molecular weight is 262 g/mol. The summed E-state index contributed by atoms with van der Waals surface area (Å²) < 4.78 is 11.1. The molecule has 0 amide bonds. The maximum absolute atomic E-state index is 5.78. The van der Waals surface area contributed by atoms with Crippen molar-refractivity contribution in [2.24, 2.45) is 10.7 Å². The topological polar surface area (TPSA) is 56.8 Å². The molecular weight excluding hydrogens is 240 g/mol. The summed E-state index contributed by atoms with van der Waals surface area (Å²) in [6, 6.07) is 6.57. The summed E-state index contributed by atoms with van der Waals surface area (Å²) in [5.74, 6) is 0.891. The Morgan fingerprint density at radius 2 is 2.16 bits per heavy atom. The largest absolute Gasteiger partial charge is 0.489 e. The van der Waals surface area contributed by atoms with E-state index in [9.17, 15) is 0 Å². The zero-order chi connectivity index (χ0) is 14.0. The number of hydrogen-bond donors (Lipinski definition) is 1. The Balaban J connectivity index is 1.98. The van der Waals surface area contributed by atoms with Crippen LogP contribution in [-0.4, -0.2) is 25.3 Å². The molecule has 4 nitrogen and oxygen atoms in total. The summed E-state index contributed by atoms with van der Waals surface area (Å²) in [6.07, 6.45) is -0.0679. The van der Waals surface area contributed by atoms with Crippen molar-refractivity contribution in [1.29, 1.82) is 0 Å². The van der Waals surface area contributed by atoms with E-state index in [1.165, 1.54) is 5.56 Å². The lowest BCUT2D eigenvalue weighted by Crippen LogP contribution is -2.24. The van der Waals surface area contributed by atoms with Crippen LogP contribution in [0.2, 0.25) is 0 Å². The quantitative estimate of drug-likeness (QED) is 0.910. The first-order valence-corrected chi connectivity index (χ1v) is 6.57. The van der Waals surface area contributed by atoms with Crippen molar-refractivity contribution in [2.75, 3.05) is 13.2 Å². The second-order valence-corrected chi connectivity index (χ2v) is 5.96. The Bertz CT molecular complexity index is 489. The lowest BCUT2D eigenvalue weighted by atomic mass is 9.86. The summed E-state index contributed by atoms with van der Waals surface area (Å²) >= 11 is 0. The lowest BCUT2D eigenvalue weighted by molar-refractivity contribution is 0.141. The molecule has 0 saturated heterocycles. The minimum absolute atomic E-state index is 0.0679. The maximum Gasteiger partial charge on any atom is 0.282 e. The molecule has 0 aliphatic carbocycles. The number of aryl methyl sites for hydroxylation is 1. The minimum atomic E-state index is -0.0679. The van der Waals surface area contributed by atoms with Gasteiger partial charge in [0.15, 0.2) is 6.10 Å². The summed E-state index contributed by atoms with van der Waals surface area (Å²) in [5, 5.41) is 0. The second kappa shape index (κ2) is 5.11. The van der Waals surface area contributed by atoms with Crippen molar-refractivity contribution in [3.8, 4) is 5.75 Å². The van der Waals surface area contributed by atoms with Crippen molar-refractivity contribution in [2.45, 2.75) is 39.2 Å². The van der Waals surface area contributed by atoms with Crippen LogP contribution < -0.4 is 10.5 Å². The fourth-order valence-electron chi connectivity index (χ4n) is 1.98. The SMILES string of the molecule is Cc1cc(C(C)(C)C)ccc1OCC1CN=C(N)O1. The third-order valence-electron chi connectivity index (χ3n) is 3.20. The molecule has 1 heterocycles. The molecule has 1 aromatic rings. The Morgan fingerprint density at radius 3 is 2.68 bits per heavy atom. The van der Waals surface area contributed by atoms with Crippen LogP contribution in [0.3, 0.4) is 0 Å². The van der Waals surface area contributed by atoms with Gasteiger partial charge in [-0.25, -0.2) is 4.99 Å². The van der Waals surface area contributed by atoms with Gasteiger partial charge in [0.1, 0.15) is 12.4 Å². The van der Waals surface area contributed by atoms with Crippen LogP contribution in [-0.2, 0) is 10.2 Å². The maximum atomic E-state index is 5.78. The van der Waals surface area contributed by atoms with Gasteiger partial charge in [-0.15, -0.1) is 0 Å². The van der Waals surface area contributed by atoms with Crippen LogP contribution in [0.1, 0.15) is 31.9 Å². The van der Waals surface area contributed by atoms with Gasteiger partial charge in [0.2, 0.25) is 0 Å². The number of rotatable bonds is 3. The molecule has 1 atom stereocenters. The van der Waals surface area contributed by atoms with Crippen LogP contribution >= 0.6 is 0 Å². The lowest BCUT2D eigenvalue weighted by Gasteiger charge is -2.21. The highest BCUT2D eigenvalue weighted by Gasteiger charge is 2.19. The fourth-order valence-corrected chi connectivity index (χ4v) is 1.98. The average Bonchev–Trinajstić information content (AvgIpc) is 2.72. The van der Waals surface area contributed by atoms with Crippen molar-refractivity contribution in [3.63, 3.8) is 0 Å². The Labute approximate surface area is 114 Å². The molecule has 0 fully saturated rings. The number of hydrogen-bond acceptors (Lipinski definition) is 4. The van der Waals surface area contributed by atoms with E-state index < -0.39 is 0 Å². The molecule has 2 N–H and O–H groups in total. The van der Waals surface area contributed by atoms with E-state index in [-0.39, 0.29) is 17.5 Å². The van der Waals surface area contributed by atoms with Crippen molar-refractivity contribution < 1.29 is 9.47 Å². The zero-order valence-electron chi connectivity index (χ0n) is 12.1. The zero-order valence-corrected chi connectivity index (χ0v) is 12.1. The number of amidine groups is 1. The van der Waals surface area contributed by atoms with Crippen molar-refractivity contribution >= 4 is 6.02 Å². The van der Waals surface area contributed by atoms with Gasteiger partial charge >= 0.3 is 0 Å². The molecule has 1 aliphatic rings. The van der Waals surface area contributed by atoms with Gasteiger partial charge in [-0.05, 0) is 29.5 Å². The Kier molecular flexibility index (Phi) is 3.69. The fraction of sp³-hybridized carbons (Fsp3) is 0.533. The summed E-state index contributed by atoms with van der Waals surface area (Å²) in [4.78, 5) is 3.99. The van der Waals surface area contributed by atoms with Crippen LogP contribution in [0.5, 0.6) is 5.75 Å². The standard InChI is InChI=1S/C15H22N2O2/c1-10-7-11(15(2,3)4)5-6-13(10)18-9-12-8-17-14(16)19-12/h5-7,12H,8-9H2,1-4H3,(H2,16,17). The van der Waals surface area contributed by atoms with Gasteiger partial charge < -0.3 is 15.2 Å². The predicted molar refractivity (Wildman–Crippen MR) is 76.7 cm³/mol. The first kappa shape index (κ1) is 13.7. The van der Waals surface area contributed by atoms with E-state index in [1.54, 1.807) is 0 Å². The first-order valence-electron chi connectivity index (χ1n) is 6.57. The first-order chi connectivity index (χ1) is 8.86. The second-order valence-electron chi connectivity index (χ2n) is 5.96. The van der Waals surface area contributed by atoms with E-state index in [4.69, 9.17) is 15.2 Å². The van der Waals surface area contributed by atoms with Crippen molar-refractivity contribution in [1.82, 2.24) is 0 Å². The molecule has 1 unspecified atom stereocenters. The highest BCUT2D eigenvalue weighted by Crippen LogP contribution is 2.27. The Morgan fingerprint density at radius 1 is 1.42 bits per heavy atom. The minimum Gasteiger partial charge on any atom is -0.489 e. The highest BCUT2D eigenvalue weighted by molar-refractivity contribution is 5.73. The smallest absolute Gasteiger partial charge is 0.282 e. The van der Waals surface area contributed by atoms with Gasteiger partial charge in [0.25, 0.3) is 6.02 Å². The van der Waals surface area contributed by atoms with Crippen LogP contribution in [0.25, 0.3) is 0 Å². The molecule has 104 valence electrons. The van der Waals surface area contributed by atoms with Gasteiger partial charge in [0, 0.05) is 0 Å². The summed E-state index contributed by atoms with van der Waals surface area (Å²) in [6.45, 7) is 9.72. The normalized spacial score (nSPS) is 18.9. The molecule has 1 aromatic carbocycles. The molecule has 19 heavy (non-hydrogen) atoms. The van der Waals surface area contributed by atoms with E-state index >= 15 is 0 Å². The van der Waals surface area contributed by atoms with E-state index in [0.29, 0.717) is 13.2 Å². The van der Waals surface area contributed by atoms with Gasteiger partial charge in [-0.3, -0.25) is 0 Å². The molecule has 0 bridgehead atoms. The van der Waals surface area contributed by atoms with Crippen LogP contribution in [0, 0.1) is 6.92 Å².